The minimum absolute atomic E-state index is 0.0125. The zero-order chi connectivity index (χ0) is 20.0. The zero-order valence-corrected chi connectivity index (χ0v) is 16.3. The number of nitrogens with zero attached hydrogens (tertiary/aromatic N) is 1. The number of anilines is 1. The fourth-order valence-corrected chi connectivity index (χ4v) is 4.51. The van der Waals surface area contributed by atoms with Crippen molar-refractivity contribution in [2.24, 2.45) is 0 Å². The summed E-state index contributed by atoms with van der Waals surface area (Å²) in [5.74, 6) is -0.965. The van der Waals surface area contributed by atoms with Gasteiger partial charge in [-0.2, -0.15) is 0 Å². The first-order valence-corrected chi connectivity index (χ1v) is 10.1. The van der Waals surface area contributed by atoms with Crippen molar-refractivity contribution in [1.29, 1.82) is 0 Å². The molecule has 2 aromatic rings. The number of non-ortho nitro benzene ring substituents is 1. The Labute approximate surface area is 157 Å². The maximum absolute atomic E-state index is 13.4. The molecule has 0 spiro atoms. The van der Waals surface area contributed by atoms with Crippen LogP contribution in [0.5, 0.6) is 5.75 Å². The number of benzene rings is 2. The summed E-state index contributed by atoms with van der Waals surface area (Å²) in [4.78, 5) is 10.4. The summed E-state index contributed by atoms with van der Waals surface area (Å²) in [6, 6.07) is 10.6. The van der Waals surface area contributed by atoms with E-state index in [0.717, 1.165) is 5.56 Å². The Bertz CT molecular complexity index is 830. The normalized spacial score (nSPS) is 12.6. The molecule has 146 valence electrons. The number of phenols is 1. The summed E-state index contributed by atoms with van der Waals surface area (Å²) in [6.07, 6.45) is 0. The molecule has 0 heterocycles. The van der Waals surface area contributed by atoms with Crippen LogP contribution in [-0.4, -0.2) is 23.2 Å². The molecule has 27 heavy (non-hydrogen) atoms. The van der Waals surface area contributed by atoms with Gasteiger partial charge in [0, 0.05) is 12.1 Å². The monoisotopic (exact) mass is 394 g/mol. The molecule has 8 nitrogen and oxygen atoms in total. The fraction of sp³-hybridized carbons (Fsp3) is 0.333. The number of hydrogen-bond acceptors (Lipinski definition) is 7. The third kappa shape index (κ3) is 5.07. The molecule has 0 saturated carbocycles. The van der Waals surface area contributed by atoms with Gasteiger partial charge in [0.15, 0.2) is 5.78 Å². The molecular weight excluding hydrogens is 371 g/mol. The predicted octanol–water partition coefficient (Wildman–Crippen LogP) is 4.99. The highest BCUT2D eigenvalue weighted by atomic mass is 31.2. The molecule has 1 atom stereocenters. The molecule has 0 bridgehead atoms. The number of nitro benzene ring substituents is 1. The SMILES string of the molecule is CCOP(=O)(OCC)C(Nc1ccc(C)cc1O)c1ccc([N+](=O)[O-])cc1. The predicted molar refractivity (Wildman–Crippen MR) is 103 cm³/mol. The van der Waals surface area contributed by atoms with Crippen LogP contribution in [0.3, 0.4) is 0 Å². The highest BCUT2D eigenvalue weighted by Crippen LogP contribution is 2.61. The molecule has 2 rings (SSSR count). The molecule has 0 radical (unpaired) electrons. The number of rotatable bonds is 9. The second kappa shape index (κ2) is 8.99. The molecule has 0 amide bonds. The zero-order valence-electron chi connectivity index (χ0n) is 15.4. The summed E-state index contributed by atoms with van der Waals surface area (Å²) in [5, 5.41) is 24.1. The van der Waals surface area contributed by atoms with E-state index in [1.165, 1.54) is 24.3 Å². The van der Waals surface area contributed by atoms with E-state index in [0.29, 0.717) is 11.3 Å². The lowest BCUT2D eigenvalue weighted by molar-refractivity contribution is -0.384. The summed E-state index contributed by atoms with van der Waals surface area (Å²) < 4.78 is 24.3. The number of hydrogen-bond donors (Lipinski definition) is 2. The molecule has 0 aliphatic heterocycles. The summed E-state index contributed by atoms with van der Waals surface area (Å²) in [5.41, 5.74) is 1.61. The van der Waals surface area contributed by atoms with E-state index in [-0.39, 0.29) is 24.7 Å². The lowest BCUT2D eigenvalue weighted by Crippen LogP contribution is -2.15. The first-order chi connectivity index (χ1) is 12.8. The molecule has 0 saturated heterocycles. The quantitative estimate of drug-likeness (QED) is 0.267. The van der Waals surface area contributed by atoms with E-state index in [1.54, 1.807) is 32.0 Å². The number of phenolic OH excluding ortho intramolecular Hbond substituents is 1. The first kappa shape index (κ1) is 20.9. The lowest BCUT2D eigenvalue weighted by atomic mass is 10.1. The minimum Gasteiger partial charge on any atom is -0.506 e. The van der Waals surface area contributed by atoms with Gasteiger partial charge in [0.25, 0.3) is 5.69 Å². The molecule has 0 aliphatic carbocycles. The van der Waals surface area contributed by atoms with Crippen LogP contribution in [0.1, 0.15) is 30.8 Å². The molecule has 0 fully saturated rings. The summed E-state index contributed by atoms with van der Waals surface area (Å²) in [7, 11) is -3.68. The van der Waals surface area contributed by atoms with Gasteiger partial charge in [0.05, 0.1) is 23.8 Å². The Hall–Kier alpha value is -2.41. The number of nitrogens with one attached hydrogen (secondary N) is 1. The standard InChI is InChI=1S/C18H23N2O6P/c1-4-25-27(24,26-5-2)18(14-7-9-15(10-8-14)20(22)23)19-16-11-6-13(3)12-17(16)21/h6-12,18-19,21H,4-5H2,1-3H3. The van der Waals surface area contributed by atoms with Gasteiger partial charge >= 0.3 is 7.60 Å². The van der Waals surface area contributed by atoms with Gasteiger partial charge in [0.1, 0.15) is 5.75 Å². The second-order valence-electron chi connectivity index (χ2n) is 5.79. The molecule has 0 aromatic heterocycles. The average molecular weight is 394 g/mol. The van der Waals surface area contributed by atoms with E-state index in [2.05, 4.69) is 5.32 Å². The van der Waals surface area contributed by atoms with Crippen LogP contribution < -0.4 is 5.32 Å². The van der Waals surface area contributed by atoms with Crippen molar-refractivity contribution < 1.29 is 23.6 Å². The van der Waals surface area contributed by atoms with Gasteiger partial charge in [-0.3, -0.25) is 14.7 Å². The average Bonchev–Trinajstić information content (AvgIpc) is 2.61. The highest BCUT2D eigenvalue weighted by molar-refractivity contribution is 7.54. The van der Waals surface area contributed by atoms with Crippen molar-refractivity contribution in [2.75, 3.05) is 18.5 Å². The van der Waals surface area contributed by atoms with Crippen molar-refractivity contribution in [2.45, 2.75) is 26.6 Å². The van der Waals surface area contributed by atoms with Crippen molar-refractivity contribution in [1.82, 2.24) is 0 Å². The Morgan fingerprint density at radius 2 is 1.74 bits per heavy atom. The van der Waals surface area contributed by atoms with E-state index in [9.17, 15) is 19.8 Å². The third-order valence-corrected chi connectivity index (χ3v) is 6.10. The lowest BCUT2D eigenvalue weighted by Gasteiger charge is -2.28. The number of aromatic hydroxyl groups is 1. The molecule has 2 N–H and O–H groups in total. The van der Waals surface area contributed by atoms with Crippen LogP contribution in [-0.2, 0) is 13.6 Å². The minimum atomic E-state index is -3.68. The van der Waals surface area contributed by atoms with Gasteiger partial charge < -0.3 is 19.5 Å². The Morgan fingerprint density at radius 1 is 1.15 bits per heavy atom. The van der Waals surface area contributed by atoms with Crippen LogP contribution >= 0.6 is 7.60 Å². The first-order valence-electron chi connectivity index (χ1n) is 8.50. The van der Waals surface area contributed by atoms with Gasteiger partial charge in [0.2, 0.25) is 0 Å². The van der Waals surface area contributed by atoms with Gasteiger partial charge in [-0.25, -0.2) is 0 Å². The molecule has 1 unspecified atom stereocenters. The number of nitro groups is 1. The molecule has 2 aromatic carbocycles. The van der Waals surface area contributed by atoms with Crippen LogP contribution in [0, 0.1) is 17.0 Å². The third-order valence-electron chi connectivity index (χ3n) is 3.80. The Kier molecular flexibility index (Phi) is 6.96. The largest absolute Gasteiger partial charge is 0.506 e. The van der Waals surface area contributed by atoms with Crippen LogP contribution in [0.2, 0.25) is 0 Å². The van der Waals surface area contributed by atoms with Crippen molar-refractivity contribution >= 4 is 19.0 Å². The van der Waals surface area contributed by atoms with Gasteiger partial charge in [-0.05, 0) is 56.2 Å². The Morgan fingerprint density at radius 3 is 2.22 bits per heavy atom. The second-order valence-corrected chi connectivity index (χ2v) is 7.90. The molecule has 9 heteroatoms. The number of aryl methyl sites for hydroxylation is 1. The molecular formula is C18H23N2O6P. The maximum atomic E-state index is 13.4. The summed E-state index contributed by atoms with van der Waals surface area (Å²) >= 11 is 0. The van der Waals surface area contributed by atoms with Crippen LogP contribution in [0.4, 0.5) is 11.4 Å². The van der Waals surface area contributed by atoms with Gasteiger partial charge in [-0.1, -0.05) is 6.07 Å². The topological polar surface area (TPSA) is 111 Å². The van der Waals surface area contributed by atoms with Crippen LogP contribution in [0.15, 0.2) is 42.5 Å². The maximum Gasteiger partial charge on any atom is 0.357 e. The van der Waals surface area contributed by atoms with Crippen molar-refractivity contribution in [3.8, 4) is 5.75 Å². The van der Waals surface area contributed by atoms with Crippen molar-refractivity contribution in [3.63, 3.8) is 0 Å². The smallest absolute Gasteiger partial charge is 0.357 e. The molecule has 0 aliphatic rings. The van der Waals surface area contributed by atoms with E-state index in [1.807, 2.05) is 6.92 Å². The van der Waals surface area contributed by atoms with Crippen LogP contribution in [0.25, 0.3) is 0 Å². The van der Waals surface area contributed by atoms with Crippen molar-refractivity contribution in [3.05, 3.63) is 63.7 Å². The Balaban J connectivity index is 2.49. The highest BCUT2D eigenvalue weighted by Gasteiger charge is 2.37. The summed E-state index contributed by atoms with van der Waals surface area (Å²) in [6.45, 7) is 5.54. The van der Waals surface area contributed by atoms with E-state index < -0.39 is 18.3 Å². The fourth-order valence-electron chi connectivity index (χ4n) is 2.58. The van der Waals surface area contributed by atoms with Gasteiger partial charge in [-0.15, -0.1) is 0 Å². The van der Waals surface area contributed by atoms with E-state index >= 15 is 0 Å². The van der Waals surface area contributed by atoms with E-state index in [4.69, 9.17) is 9.05 Å².